The van der Waals surface area contributed by atoms with Gasteiger partial charge in [0.2, 0.25) is 0 Å². The minimum atomic E-state index is -1.20. The van der Waals surface area contributed by atoms with Gasteiger partial charge in [-0.1, -0.05) is 35.9 Å². The Morgan fingerprint density at radius 2 is 1.59 bits per heavy atom. The predicted molar refractivity (Wildman–Crippen MR) is 113 cm³/mol. The number of rotatable bonds is 3. The summed E-state index contributed by atoms with van der Waals surface area (Å²) in [5.74, 6) is -1.97. The normalized spacial score (nSPS) is 12.3. The maximum Gasteiger partial charge on any atom is 0.337 e. The monoisotopic (exact) mass is 424 g/mol. The number of hydrogen-bond acceptors (Lipinski definition) is 6. The molecule has 0 fully saturated rings. The second-order valence-electron chi connectivity index (χ2n) is 6.43. The number of nitrogens with one attached hydrogen (secondary N) is 1. The van der Waals surface area contributed by atoms with Gasteiger partial charge in [0.1, 0.15) is 0 Å². The lowest BCUT2D eigenvalue weighted by Crippen LogP contribution is -2.24. The van der Waals surface area contributed by atoms with Crippen molar-refractivity contribution in [1.82, 2.24) is 0 Å². The van der Waals surface area contributed by atoms with Crippen LogP contribution in [0.25, 0.3) is 0 Å². The van der Waals surface area contributed by atoms with Crippen molar-refractivity contribution in [3.8, 4) is 0 Å². The number of anilines is 3. The van der Waals surface area contributed by atoms with Gasteiger partial charge in [0.25, 0.3) is 0 Å². The van der Waals surface area contributed by atoms with E-state index in [9.17, 15) is 19.5 Å². The number of ketones is 2. The molecule has 0 saturated heterocycles. The van der Waals surface area contributed by atoms with Gasteiger partial charge in [-0.05, 0) is 24.3 Å². The van der Waals surface area contributed by atoms with Crippen molar-refractivity contribution in [2.45, 2.75) is 4.90 Å². The summed E-state index contributed by atoms with van der Waals surface area (Å²) in [6.45, 7) is 0. The molecule has 0 heterocycles. The molecule has 0 saturated carbocycles. The van der Waals surface area contributed by atoms with Gasteiger partial charge in [-0.25, -0.2) is 4.79 Å². The van der Waals surface area contributed by atoms with Gasteiger partial charge >= 0.3 is 5.97 Å². The van der Waals surface area contributed by atoms with Gasteiger partial charge in [0.05, 0.1) is 33.8 Å². The molecule has 0 amide bonds. The summed E-state index contributed by atoms with van der Waals surface area (Å²) in [6.07, 6.45) is 0. The number of hydrogen-bond donors (Lipinski definition) is 4. The van der Waals surface area contributed by atoms with Crippen molar-refractivity contribution in [2.75, 3.05) is 11.1 Å². The summed E-state index contributed by atoms with van der Waals surface area (Å²) >= 11 is 10.2. The van der Waals surface area contributed by atoms with Crippen molar-refractivity contribution < 1.29 is 19.5 Å². The van der Waals surface area contributed by atoms with E-state index in [-0.39, 0.29) is 66.4 Å². The molecular weight excluding hydrogens is 412 g/mol. The first-order valence-electron chi connectivity index (χ1n) is 8.43. The maximum atomic E-state index is 13.2. The number of thiol groups is 1. The predicted octanol–water partition coefficient (Wildman–Crippen LogP) is 4.43. The molecule has 6 nitrogen and oxygen atoms in total. The molecular formula is C21H13ClN2O4S. The average Bonchev–Trinajstić information content (AvgIpc) is 2.69. The van der Waals surface area contributed by atoms with Crippen LogP contribution in [-0.4, -0.2) is 22.6 Å². The number of benzene rings is 3. The molecule has 1 aliphatic rings. The Morgan fingerprint density at radius 3 is 2.21 bits per heavy atom. The Balaban J connectivity index is 1.94. The molecule has 0 atom stereocenters. The van der Waals surface area contributed by atoms with Crippen LogP contribution in [0.4, 0.5) is 17.1 Å². The Morgan fingerprint density at radius 1 is 0.966 bits per heavy atom. The fraction of sp³-hybridized carbons (Fsp3) is 0. The maximum absolute atomic E-state index is 13.2. The smallest absolute Gasteiger partial charge is 0.337 e. The van der Waals surface area contributed by atoms with Crippen LogP contribution in [0.5, 0.6) is 0 Å². The molecule has 0 unspecified atom stereocenters. The van der Waals surface area contributed by atoms with Crippen LogP contribution < -0.4 is 11.1 Å². The van der Waals surface area contributed by atoms with Gasteiger partial charge in [-0.15, -0.1) is 12.6 Å². The van der Waals surface area contributed by atoms with Crippen LogP contribution >= 0.6 is 24.2 Å². The van der Waals surface area contributed by atoms with E-state index in [2.05, 4.69) is 17.9 Å². The van der Waals surface area contributed by atoms with Crippen molar-refractivity contribution in [1.29, 1.82) is 0 Å². The van der Waals surface area contributed by atoms with E-state index in [1.807, 2.05) is 0 Å². The molecule has 0 aromatic heterocycles. The quantitative estimate of drug-likeness (QED) is 0.286. The first kappa shape index (κ1) is 19.0. The molecule has 8 heteroatoms. The Hall–Kier alpha value is -3.29. The molecule has 144 valence electrons. The fourth-order valence-corrected chi connectivity index (χ4v) is 3.76. The second-order valence-corrected chi connectivity index (χ2v) is 7.35. The molecule has 1 aliphatic carbocycles. The average molecular weight is 425 g/mol. The third-order valence-corrected chi connectivity index (χ3v) is 5.30. The van der Waals surface area contributed by atoms with Crippen molar-refractivity contribution in [3.05, 3.63) is 81.4 Å². The number of carboxylic acid groups (broad SMARTS) is 1. The topological polar surface area (TPSA) is 109 Å². The van der Waals surface area contributed by atoms with E-state index in [0.29, 0.717) is 0 Å². The number of nitrogens with two attached hydrogens (primary N) is 1. The highest BCUT2D eigenvalue weighted by Crippen LogP contribution is 2.40. The second kappa shape index (κ2) is 6.95. The summed E-state index contributed by atoms with van der Waals surface area (Å²) in [7, 11) is 0. The molecule has 4 rings (SSSR count). The van der Waals surface area contributed by atoms with Crippen LogP contribution in [0.2, 0.25) is 5.02 Å². The highest BCUT2D eigenvalue weighted by molar-refractivity contribution is 7.80. The Labute approximate surface area is 175 Å². The SMILES string of the molecule is Nc1c(S)cc(Nc2ccc(Cl)cc2C(=O)O)c2c1C(=O)c1ccccc1C2=O. The number of carbonyl (C=O) groups excluding carboxylic acids is 2. The van der Waals surface area contributed by atoms with Crippen molar-refractivity contribution >= 4 is 58.8 Å². The fourth-order valence-electron chi connectivity index (χ4n) is 3.35. The zero-order valence-corrected chi connectivity index (χ0v) is 16.3. The van der Waals surface area contributed by atoms with E-state index in [4.69, 9.17) is 17.3 Å². The van der Waals surface area contributed by atoms with E-state index < -0.39 is 5.97 Å². The van der Waals surface area contributed by atoms with Gasteiger partial charge < -0.3 is 16.2 Å². The van der Waals surface area contributed by atoms with Crippen molar-refractivity contribution in [2.24, 2.45) is 0 Å². The lowest BCUT2D eigenvalue weighted by Gasteiger charge is -2.23. The largest absolute Gasteiger partial charge is 0.478 e. The first-order valence-corrected chi connectivity index (χ1v) is 9.26. The van der Waals surface area contributed by atoms with Crippen LogP contribution in [0, 0.1) is 0 Å². The Kier molecular flexibility index (Phi) is 4.56. The van der Waals surface area contributed by atoms with E-state index >= 15 is 0 Å². The Bertz CT molecular complexity index is 1240. The number of halogens is 1. The number of carbonyl (C=O) groups is 3. The van der Waals surface area contributed by atoms with Gasteiger partial charge in [0, 0.05) is 21.0 Å². The number of carboxylic acids is 1. The number of nitrogen functional groups attached to an aromatic ring is 1. The van der Waals surface area contributed by atoms with Crippen LogP contribution in [0.15, 0.2) is 53.4 Å². The molecule has 0 spiro atoms. The molecule has 3 aromatic carbocycles. The number of aromatic carboxylic acids is 1. The van der Waals surface area contributed by atoms with Crippen LogP contribution in [-0.2, 0) is 0 Å². The molecule has 0 aliphatic heterocycles. The van der Waals surface area contributed by atoms with Gasteiger partial charge in [0.15, 0.2) is 11.6 Å². The van der Waals surface area contributed by atoms with Gasteiger partial charge in [-0.3, -0.25) is 9.59 Å². The molecule has 29 heavy (non-hydrogen) atoms. The molecule has 4 N–H and O–H groups in total. The molecule has 3 aromatic rings. The minimum Gasteiger partial charge on any atom is -0.478 e. The highest BCUT2D eigenvalue weighted by Gasteiger charge is 2.34. The standard InChI is InChI=1S/C21H13ClN2O4S/c22-9-5-6-13(12(7-9)21(27)28)24-14-8-15(29)18(23)17-16(14)19(25)10-3-1-2-4-11(10)20(17)26/h1-8,24,29H,23H2,(H,27,28). The highest BCUT2D eigenvalue weighted by atomic mass is 35.5. The summed E-state index contributed by atoms with van der Waals surface area (Å²) < 4.78 is 0. The zero-order valence-electron chi connectivity index (χ0n) is 14.7. The zero-order chi connectivity index (χ0) is 20.9. The van der Waals surface area contributed by atoms with E-state index in [1.54, 1.807) is 24.3 Å². The first-order chi connectivity index (χ1) is 13.8. The minimum absolute atomic E-state index is 0.0505. The third-order valence-electron chi connectivity index (χ3n) is 4.70. The number of fused-ring (bicyclic) bond motifs is 2. The van der Waals surface area contributed by atoms with Crippen LogP contribution in [0.3, 0.4) is 0 Å². The third kappa shape index (κ3) is 3.04. The summed E-state index contributed by atoms with van der Waals surface area (Å²) in [6, 6.07) is 12.3. The summed E-state index contributed by atoms with van der Waals surface area (Å²) in [5, 5.41) is 12.7. The lowest BCUT2D eigenvalue weighted by atomic mass is 9.82. The van der Waals surface area contributed by atoms with Crippen LogP contribution in [0.1, 0.15) is 42.2 Å². The van der Waals surface area contributed by atoms with E-state index in [0.717, 1.165) is 0 Å². The van der Waals surface area contributed by atoms with Crippen molar-refractivity contribution in [3.63, 3.8) is 0 Å². The molecule has 0 bridgehead atoms. The molecule has 0 radical (unpaired) electrons. The van der Waals surface area contributed by atoms with E-state index in [1.165, 1.54) is 24.3 Å². The summed E-state index contributed by atoms with van der Waals surface area (Å²) in [5.41, 5.74) is 7.19. The van der Waals surface area contributed by atoms with Gasteiger partial charge in [-0.2, -0.15) is 0 Å². The lowest BCUT2D eigenvalue weighted by molar-refractivity contribution is 0.0697. The summed E-state index contributed by atoms with van der Waals surface area (Å²) in [4.78, 5) is 38.1.